The van der Waals surface area contributed by atoms with Crippen molar-refractivity contribution < 1.29 is 14.3 Å². The standard InChI is InChI=1S/C15H20N2O3S/c1-2-19-14(18)11-5-3-6-12(9-11)17-15(21)16-10-13-7-4-8-20-13/h3,5-6,9,13H,2,4,7-8,10H2,1H3,(H2,16,17,21)/t13-/m1/s1. The fourth-order valence-corrected chi connectivity index (χ4v) is 2.33. The van der Waals surface area contributed by atoms with Gasteiger partial charge in [0.2, 0.25) is 0 Å². The van der Waals surface area contributed by atoms with Crippen molar-refractivity contribution in [1.29, 1.82) is 0 Å². The molecule has 1 aliphatic heterocycles. The van der Waals surface area contributed by atoms with Crippen molar-refractivity contribution in [2.24, 2.45) is 0 Å². The number of benzene rings is 1. The average Bonchev–Trinajstić information content (AvgIpc) is 2.99. The summed E-state index contributed by atoms with van der Waals surface area (Å²) in [5, 5.41) is 6.71. The van der Waals surface area contributed by atoms with Crippen molar-refractivity contribution >= 4 is 29.0 Å². The first-order valence-electron chi connectivity index (χ1n) is 7.12. The van der Waals surface area contributed by atoms with Gasteiger partial charge in [-0.2, -0.15) is 0 Å². The van der Waals surface area contributed by atoms with Crippen molar-refractivity contribution in [2.75, 3.05) is 25.1 Å². The number of ether oxygens (including phenoxy) is 2. The predicted octanol–water partition coefficient (Wildman–Crippen LogP) is 2.33. The topological polar surface area (TPSA) is 59.6 Å². The Morgan fingerprint density at radius 1 is 1.52 bits per heavy atom. The molecule has 1 aliphatic rings. The Morgan fingerprint density at radius 2 is 2.38 bits per heavy atom. The summed E-state index contributed by atoms with van der Waals surface area (Å²) in [6.07, 6.45) is 2.40. The van der Waals surface area contributed by atoms with E-state index in [0.717, 1.165) is 25.1 Å². The zero-order chi connectivity index (χ0) is 15.1. The summed E-state index contributed by atoms with van der Waals surface area (Å²) in [5.74, 6) is -0.334. The largest absolute Gasteiger partial charge is 0.462 e. The molecule has 21 heavy (non-hydrogen) atoms. The molecule has 1 aromatic rings. The first-order chi connectivity index (χ1) is 10.2. The Balaban J connectivity index is 1.85. The van der Waals surface area contributed by atoms with E-state index in [1.807, 2.05) is 6.07 Å². The van der Waals surface area contributed by atoms with Gasteiger partial charge in [0.05, 0.1) is 18.3 Å². The molecule has 0 aromatic heterocycles. The van der Waals surface area contributed by atoms with E-state index in [4.69, 9.17) is 21.7 Å². The highest BCUT2D eigenvalue weighted by molar-refractivity contribution is 7.80. The van der Waals surface area contributed by atoms with E-state index in [1.54, 1.807) is 25.1 Å². The highest BCUT2D eigenvalue weighted by atomic mass is 32.1. The lowest BCUT2D eigenvalue weighted by Crippen LogP contribution is -2.34. The van der Waals surface area contributed by atoms with Crippen LogP contribution >= 0.6 is 12.2 Å². The van der Waals surface area contributed by atoms with Crippen LogP contribution in [0, 0.1) is 0 Å². The Hall–Kier alpha value is -1.66. The van der Waals surface area contributed by atoms with Gasteiger partial charge in [-0.3, -0.25) is 0 Å². The molecule has 5 nitrogen and oxygen atoms in total. The second-order valence-corrected chi connectivity index (χ2v) is 5.18. The van der Waals surface area contributed by atoms with Gasteiger partial charge in [0.25, 0.3) is 0 Å². The van der Waals surface area contributed by atoms with Crippen LogP contribution in [0.25, 0.3) is 0 Å². The Kier molecular flexibility index (Phi) is 5.95. The monoisotopic (exact) mass is 308 g/mol. The summed E-state index contributed by atoms with van der Waals surface area (Å²) >= 11 is 5.24. The summed E-state index contributed by atoms with van der Waals surface area (Å²) in [4.78, 5) is 11.7. The van der Waals surface area contributed by atoms with Crippen LogP contribution in [0.4, 0.5) is 5.69 Å². The Morgan fingerprint density at radius 3 is 3.10 bits per heavy atom. The van der Waals surface area contributed by atoms with Crippen LogP contribution in [0.1, 0.15) is 30.1 Å². The zero-order valence-electron chi connectivity index (χ0n) is 12.1. The summed E-state index contributed by atoms with van der Waals surface area (Å²) in [6.45, 7) is 3.67. The van der Waals surface area contributed by atoms with Gasteiger partial charge >= 0.3 is 5.97 Å². The molecule has 0 spiro atoms. The van der Waals surface area contributed by atoms with Gasteiger partial charge in [0.1, 0.15) is 0 Å². The van der Waals surface area contributed by atoms with E-state index in [9.17, 15) is 4.79 Å². The van der Waals surface area contributed by atoms with Crippen LogP contribution in [0.15, 0.2) is 24.3 Å². The maximum Gasteiger partial charge on any atom is 0.338 e. The number of esters is 1. The molecule has 1 saturated heterocycles. The summed E-state index contributed by atoms with van der Waals surface area (Å²) in [6, 6.07) is 7.07. The lowest BCUT2D eigenvalue weighted by atomic mass is 10.2. The third kappa shape index (κ3) is 4.99. The van der Waals surface area contributed by atoms with Crippen LogP contribution in [-0.4, -0.2) is 36.9 Å². The number of rotatable bonds is 5. The molecular weight excluding hydrogens is 288 g/mol. The van der Waals surface area contributed by atoms with Crippen LogP contribution < -0.4 is 10.6 Å². The molecule has 0 unspecified atom stereocenters. The molecular formula is C15H20N2O3S. The van der Waals surface area contributed by atoms with Crippen LogP contribution in [-0.2, 0) is 9.47 Å². The second-order valence-electron chi connectivity index (χ2n) is 4.77. The molecule has 1 aromatic carbocycles. The van der Waals surface area contributed by atoms with E-state index in [-0.39, 0.29) is 12.1 Å². The number of hydrogen-bond acceptors (Lipinski definition) is 4. The quantitative estimate of drug-likeness (QED) is 0.643. The highest BCUT2D eigenvalue weighted by Gasteiger charge is 2.15. The summed E-state index contributed by atoms with van der Waals surface area (Å²) < 4.78 is 10.5. The van der Waals surface area contributed by atoms with E-state index in [0.29, 0.717) is 23.8 Å². The van der Waals surface area contributed by atoms with Gasteiger partial charge in [0.15, 0.2) is 5.11 Å². The van der Waals surface area contributed by atoms with Crippen molar-refractivity contribution in [3.63, 3.8) is 0 Å². The van der Waals surface area contributed by atoms with Crippen molar-refractivity contribution in [2.45, 2.75) is 25.9 Å². The van der Waals surface area contributed by atoms with Gasteiger partial charge < -0.3 is 20.1 Å². The van der Waals surface area contributed by atoms with Crippen LogP contribution in [0.3, 0.4) is 0 Å². The lowest BCUT2D eigenvalue weighted by molar-refractivity contribution is 0.0526. The summed E-state index contributed by atoms with van der Waals surface area (Å²) in [5.41, 5.74) is 1.26. The van der Waals surface area contributed by atoms with Crippen LogP contribution in [0.2, 0.25) is 0 Å². The van der Waals surface area contributed by atoms with E-state index in [2.05, 4.69) is 10.6 Å². The number of nitrogens with one attached hydrogen (secondary N) is 2. The molecule has 0 radical (unpaired) electrons. The maximum atomic E-state index is 11.7. The van der Waals surface area contributed by atoms with E-state index < -0.39 is 0 Å². The molecule has 0 amide bonds. The Bertz CT molecular complexity index is 501. The summed E-state index contributed by atoms with van der Waals surface area (Å²) in [7, 11) is 0. The second kappa shape index (κ2) is 7.95. The molecule has 0 bridgehead atoms. The first-order valence-corrected chi connectivity index (χ1v) is 7.53. The van der Waals surface area contributed by atoms with Crippen molar-refractivity contribution in [3.05, 3.63) is 29.8 Å². The Labute approximate surface area is 130 Å². The van der Waals surface area contributed by atoms with Gasteiger partial charge in [-0.25, -0.2) is 4.79 Å². The van der Waals surface area contributed by atoms with Crippen molar-refractivity contribution in [1.82, 2.24) is 5.32 Å². The predicted molar refractivity (Wildman–Crippen MR) is 85.6 cm³/mol. The number of anilines is 1. The number of carbonyl (C=O) groups excluding carboxylic acids is 1. The molecule has 114 valence electrons. The molecule has 2 N–H and O–H groups in total. The minimum absolute atomic E-state index is 0.232. The van der Waals surface area contributed by atoms with Gasteiger partial charge in [-0.15, -0.1) is 0 Å². The maximum absolute atomic E-state index is 11.7. The fourth-order valence-electron chi connectivity index (χ4n) is 2.13. The normalized spacial score (nSPS) is 17.3. The number of thiocarbonyl (C=S) groups is 1. The highest BCUT2D eigenvalue weighted by Crippen LogP contribution is 2.13. The minimum Gasteiger partial charge on any atom is -0.462 e. The molecule has 6 heteroatoms. The smallest absolute Gasteiger partial charge is 0.338 e. The minimum atomic E-state index is -0.334. The number of hydrogen-bond donors (Lipinski definition) is 2. The first kappa shape index (κ1) is 15.7. The molecule has 1 fully saturated rings. The van der Waals surface area contributed by atoms with E-state index in [1.165, 1.54) is 0 Å². The number of carbonyl (C=O) groups is 1. The van der Waals surface area contributed by atoms with Gasteiger partial charge in [-0.1, -0.05) is 6.07 Å². The third-order valence-corrected chi connectivity index (χ3v) is 3.39. The zero-order valence-corrected chi connectivity index (χ0v) is 12.9. The SMILES string of the molecule is CCOC(=O)c1cccc(NC(=S)NC[C@H]2CCCO2)c1. The third-order valence-electron chi connectivity index (χ3n) is 3.15. The molecule has 0 saturated carbocycles. The van der Waals surface area contributed by atoms with Crippen molar-refractivity contribution in [3.8, 4) is 0 Å². The van der Waals surface area contributed by atoms with Gasteiger partial charge in [0, 0.05) is 18.8 Å². The molecule has 1 heterocycles. The molecule has 2 rings (SSSR count). The van der Waals surface area contributed by atoms with Crippen LogP contribution in [0.5, 0.6) is 0 Å². The van der Waals surface area contributed by atoms with E-state index >= 15 is 0 Å². The molecule has 1 atom stereocenters. The average molecular weight is 308 g/mol. The van der Waals surface area contributed by atoms with Gasteiger partial charge in [-0.05, 0) is 50.2 Å². The molecule has 0 aliphatic carbocycles. The fraction of sp³-hybridized carbons (Fsp3) is 0.467. The lowest BCUT2D eigenvalue weighted by Gasteiger charge is -2.14.